The summed E-state index contributed by atoms with van der Waals surface area (Å²) in [5.74, 6) is 0.261. The molecule has 29 heavy (non-hydrogen) atoms. The highest BCUT2D eigenvalue weighted by atomic mass is 16.5. The molecule has 2 aromatic rings. The number of fused-ring (bicyclic) bond motifs is 1. The number of unbranched alkanes of at least 4 members (excludes halogenated alkanes) is 3. The maximum absolute atomic E-state index is 12.3. The van der Waals surface area contributed by atoms with Crippen LogP contribution in [-0.4, -0.2) is 43.0 Å². The van der Waals surface area contributed by atoms with Gasteiger partial charge in [-0.3, -0.25) is 14.5 Å². The quantitative estimate of drug-likeness (QED) is 0.435. The van der Waals surface area contributed by atoms with E-state index in [9.17, 15) is 9.59 Å². The second-order valence-electron chi connectivity index (χ2n) is 7.36. The van der Waals surface area contributed by atoms with E-state index in [0.29, 0.717) is 11.1 Å². The average Bonchev–Trinajstić information content (AvgIpc) is 2.99. The van der Waals surface area contributed by atoms with Crippen molar-refractivity contribution < 1.29 is 14.3 Å². The Balaban J connectivity index is 1.37. The van der Waals surface area contributed by atoms with Crippen molar-refractivity contribution in [3.05, 3.63) is 65.2 Å². The molecule has 0 atom stereocenters. The Morgan fingerprint density at radius 2 is 1.55 bits per heavy atom. The third-order valence-electron chi connectivity index (χ3n) is 5.18. The zero-order valence-electron chi connectivity index (χ0n) is 17.2. The number of imide groups is 1. The summed E-state index contributed by atoms with van der Waals surface area (Å²) in [5.41, 5.74) is 2.21. The summed E-state index contributed by atoms with van der Waals surface area (Å²) >= 11 is 0. The van der Waals surface area contributed by atoms with Gasteiger partial charge in [0.15, 0.2) is 0 Å². The Kier molecular flexibility index (Phi) is 7.82. The summed E-state index contributed by atoms with van der Waals surface area (Å²) in [6, 6.07) is 14.9. The Bertz CT molecular complexity index is 782. The minimum atomic E-state index is -0.244. The van der Waals surface area contributed by atoms with Crippen LogP contribution >= 0.6 is 0 Å². The van der Waals surface area contributed by atoms with Crippen LogP contribution in [0.1, 0.15) is 58.9 Å². The van der Waals surface area contributed by atoms with Crippen molar-refractivity contribution >= 4 is 11.8 Å². The molecule has 0 fully saturated rings. The molecule has 2 aromatic carbocycles. The number of benzene rings is 2. The maximum Gasteiger partial charge on any atom is 0.261 e. The predicted molar refractivity (Wildman–Crippen MR) is 114 cm³/mol. The summed E-state index contributed by atoms with van der Waals surface area (Å²) in [7, 11) is 0. The molecule has 0 radical (unpaired) electrons. The molecule has 0 aliphatic carbocycles. The Morgan fingerprint density at radius 1 is 0.862 bits per heavy atom. The lowest BCUT2D eigenvalue weighted by Gasteiger charge is -2.14. The van der Waals surface area contributed by atoms with E-state index in [4.69, 9.17) is 4.74 Å². The maximum atomic E-state index is 12.3. The van der Waals surface area contributed by atoms with Gasteiger partial charge in [-0.05, 0) is 55.8 Å². The zero-order valence-corrected chi connectivity index (χ0v) is 17.2. The first-order chi connectivity index (χ1) is 14.2. The smallest absolute Gasteiger partial charge is 0.261 e. The molecule has 1 aliphatic heterocycles. The lowest BCUT2D eigenvalue weighted by atomic mass is 10.1. The van der Waals surface area contributed by atoms with Gasteiger partial charge in [0.2, 0.25) is 0 Å². The molecule has 1 heterocycles. The molecule has 3 rings (SSSR count). The second-order valence-corrected chi connectivity index (χ2v) is 7.36. The van der Waals surface area contributed by atoms with Crippen molar-refractivity contribution in [1.29, 1.82) is 0 Å². The minimum absolute atomic E-state index is 0.244. The van der Waals surface area contributed by atoms with Crippen LogP contribution < -0.4 is 10.1 Å². The van der Waals surface area contributed by atoms with Gasteiger partial charge in [-0.1, -0.05) is 50.5 Å². The van der Waals surface area contributed by atoms with Crippen LogP contribution in [-0.2, 0) is 6.42 Å². The first-order valence-electron chi connectivity index (χ1n) is 10.6. The number of nitrogens with one attached hydrogen (secondary N) is 1. The van der Waals surface area contributed by atoms with E-state index in [1.54, 1.807) is 24.3 Å². The largest absolute Gasteiger partial charge is 0.492 e. The molecule has 1 aliphatic rings. The van der Waals surface area contributed by atoms with Crippen LogP contribution in [0.15, 0.2) is 48.5 Å². The number of hydrogen-bond acceptors (Lipinski definition) is 4. The van der Waals surface area contributed by atoms with Crippen molar-refractivity contribution in [2.75, 3.05) is 26.2 Å². The summed E-state index contributed by atoms with van der Waals surface area (Å²) in [4.78, 5) is 25.9. The fraction of sp³-hybridized carbons (Fsp3) is 0.417. The third kappa shape index (κ3) is 5.67. The van der Waals surface area contributed by atoms with Crippen molar-refractivity contribution in [3.63, 3.8) is 0 Å². The van der Waals surface area contributed by atoms with Crippen LogP contribution in [0.2, 0.25) is 0 Å². The minimum Gasteiger partial charge on any atom is -0.492 e. The molecule has 0 saturated heterocycles. The third-order valence-corrected chi connectivity index (χ3v) is 5.18. The van der Waals surface area contributed by atoms with E-state index in [0.717, 1.165) is 25.3 Å². The van der Waals surface area contributed by atoms with Crippen LogP contribution in [0.3, 0.4) is 0 Å². The van der Waals surface area contributed by atoms with Gasteiger partial charge in [-0.25, -0.2) is 0 Å². The molecule has 0 aromatic heterocycles. The molecule has 1 N–H and O–H groups in total. The summed E-state index contributed by atoms with van der Waals surface area (Å²) in [6.45, 7) is 4.82. The van der Waals surface area contributed by atoms with Gasteiger partial charge in [0.25, 0.3) is 11.8 Å². The number of carbonyl (C=O) groups is 2. The van der Waals surface area contributed by atoms with Crippen LogP contribution in [0, 0.1) is 0 Å². The summed E-state index contributed by atoms with van der Waals surface area (Å²) < 4.78 is 5.74. The molecule has 2 amide bonds. The van der Waals surface area contributed by atoms with Gasteiger partial charge in [-0.15, -0.1) is 0 Å². The molecular weight excluding hydrogens is 364 g/mol. The van der Waals surface area contributed by atoms with Gasteiger partial charge in [0.1, 0.15) is 12.4 Å². The van der Waals surface area contributed by atoms with Gasteiger partial charge >= 0.3 is 0 Å². The van der Waals surface area contributed by atoms with Crippen molar-refractivity contribution in [3.8, 4) is 5.75 Å². The monoisotopic (exact) mass is 394 g/mol. The zero-order chi connectivity index (χ0) is 20.5. The van der Waals surface area contributed by atoms with E-state index in [1.807, 2.05) is 12.1 Å². The molecule has 5 heteroatoms. The van der Waals surface area contributed by atoms with Gasteiger partial charge in [-0.2, -0.15) is 0 Å². The number of carbonyl (C=O) groups excluding carboxylic acids is 2. The first kappa shape index (κ1) is 21.1. The molecule has 0 bridgehead atoms. The normalized spacial score (nSPS) is 13.1. The fourth-order valence-electron chi connectivity index (χ4n) is 3.48. The number of hydrogen-bond donors (Lipinski definition) is 1. The lowest BCUT2D eigenvalue weighted by Crippen LogP contribution is -2.33. The Labute approximate surface area is 173 Å². The van der Waals surface area contributed by atoms with Crippen LogP contribution in [0.5, 0.6) is 5.75 Å². The van der Waals surface area contributed by atoms with E-state index in [2.05, 4.69) is 24.4 Å². The highest BCUT2D eigenvalue weighted by molar-refractivity contribution is 6.21. The van der Waals surface area contributed by atoms with Crippen molar-refractivity contribution in [2.24, 2.45) is 0 Å². The second kappa shape index (κ2) is 10.8. The highest BCUT2D eigenvalue weighted by Gasteiger charge is 2.34. The van der Waals surface area contributed by atoms with Gasteiger partial charge in [0.05, 0.1) is 17.7 Å². The first-order valence-corrected chi connectivity index (χ1v) is 10.6. The van der Waals surface area contributed by atoms with Gasteiger partial charge in [0, 0.05) is 0 Å². The molecule has 0 unspecified atom stereocenters. The number of ether oxygens (including phenoxy) is 1. The van der Waals surface area contributed by atoms with E-state index >= 15 is 0 Å². The van der Waals surface area contributed by atoms with E-state index in [1.165, 1.54) is 36.1 Å². The highest BCUT2D eigenvalue weighted by Crippen LogP contribution is 2.22. The standard InChI is InChI=1S/C24H30N2O3/c1-2-3-4-7-15-25-16-14-19-10-12-20(13-11-19)29-18-17-26-23(27)21-8-5-6-9-22(21)24(26)28/h5-6,8-13,25H,2-4,7,14-18H2,1H3. The van der Waals surface area contributed by atoms with Crippen molar-refractivity contribution in [1.82, 2.24) is 10.2 Å². The fourth-order valence-corrected chi connectivity index (χ4v) is 3.48. The Hall–Kier alpha value is -2.66. The number of amides is 2. The van der Waals surface area contributed by atoms with Crippen molar-refractivity contribution in [2.45, 2.75) is 39.0 Å². The van der Waals surface area contributed by atoms with Crippen LogP contribution in [0.4, 0.5) is 0 Å². The topological polar surface area (TPSA) is 58.6 Å². The van der Waals surface area contributed by atoms with E-state index in [-0.39, 0.29) is 25.0 Å². The molecule has 5 nitrogen and oxygen atoms in total. The van der Waals surface area contributed by atoms with Gasteiger partial charge < -0.3 is 10.1 Å². The summed E-state index contributed by atoms with van der Waals surface area (Å²) in [6.07, 6.45) is 6.12. The molecule has 0 spiro atoms. The summed E-state index contributed by atoms with van der Waals surface area (Å²) in [5, 5.41) is 3.49. The predicted octanol–water partition coefficient (Wildman–Crippen LogP) is 4.07. The van der Waals surface area contributed by atoms with E-state index < -0.39 is 0 Å². The lowest BCUT2D eigenvalue weighted by molar-refractivity contribution is 0.0631. The molecular formula is C24H30N2O3. The Morgan fingerprint density at radius 3 is 2.21 bits per heavy atom. The molecule has 0 saturated carbocycles. The number of rotatable bonds is 12. The number of nitrogens with zero attached hydrogens (tertiary/aromatic N) is 1. The SMILES string of the molecule is CCCCCCNCCc1ccc(OCCN2C(=O)c3ccccc3C2=O)cc1. The van der Waals surface area contributed by atoms with Crippen LogP contribution in [0.25, 0.3) is 0 Å². The molecule has 154 valence electrons. The average molecular weight is 395 g/mol.